The molecule has 0 saturated heterocycles. The summed E-state index contributed by atoms with van der Waals surface area (Å²) in [6, 6.07) is 9.54. The van der Waals surface area contributed by atoms with Crippen LogP contribution in [-0.2, 0) is 16.0 Å². The summed E-state index contributed by atoms with van der Waals surface area (Å²) in [5.41, 5.74) is 2.27. The van der Waals surface area contributed by atoms with Crippen LogP contribution in [0.15, 0.2) is 30.3 Å². The maximum atomic E-state index is 12.1. The van der Waals surface area contributed by atoms with Crippen molar-refractivity contribution in [2.24, 2.45) is 0 Å². The molecule has 7 nitrogen and oxygen atoms in total. The summed E-state index contributed by atoms with van der Waals surface area (Å²) in [6.07, 6.45) is 0.0344. The number of aliphatic carboxylic acids is 1. The first-order chi connectivity index (χ1) is 10.5. The predicted molar refractivity (Wildman–Crippen MR) is 79.7 cm³/mol. The average Bonchev–Trinajstić information content (AvgIpc) is 2.86. The van der Waals surface area contributed by atoms with Gasteiger partial charge in [0.05, 0.1) is 29.9 Å². The summed E-state index contributed by atoms with van der Waals surface area (Å²) in [7, 11) is 1.59. The number of likely N-dealkylation sites (N-methyl/N-ethyl adjacent to an activating group) is 1. The molecule has 0 aliphatic rings. The van der Waals surface area contributed by atoms with E-state index in [0.717, 1.165) is 11.4 Å². The van der Waals surface area contributed by atoms with Crippen LogP contribution in [0.5, 0.6) is 0 Å². The van der Waals surface area contributed by atoms with Crippen LogP contribution in [-0.4, -0.2) is 50.5 Å². The van der Waals surface area contributed by atoms with Crippen LogP contribution in [0.25, 0.3) is 5.69 Å². The molecule has 0 atom stereocenters. The number of benzene rings is 1. The number of para-hydroxylation sites is 1. The fraction of sp³-hybridized carbons (Fsp3) is 0.333. The largest absolute Gasteiger partial charge is 0.481 e. The van der Waals surface area contributed by atoms with Gasteiger partial charge in [-0.2, -0.15) is 0 Å². The highest BCUT2D eigenvalue weighted by Crippen LogP contribution is 2.12. The molecule has 22 heavy (non-hydrogen) atoms. The van der Waals surface area contributed by atoms with E-state index in [9.17, 15) is 9.59 Å². The molecule has 2 rings (SSSR count). The number of carboxylic acids is 1. The Kier molecular flexibility index (Phi) is 4.88. The van der Waals surface area contributed by atoms with Crippen molar-refractivity contribution >= 4 is 11.9 Å². The van der Waals surface area contributed by atoms with Crippen LogP contribution in [0.3, 0.4) is 0 Å². The van der Waals surface area contributed by atoms with Crippen LogP contribution < -0.4 is 0 Å². The number of hydrogen-bond acceptors (Lipinski definition) is 4. The Hall–Kier alpha value is -2.70. The fourth-order valence-electron chi connectivity index (χ4n) is 2.00. The Balaban J connectivity index is 2.07. The van der Waals surface area contributed by atoms with Crippen molar-refractivity contribution in [2.45, 2.75) is 19.8 Å². The quantitative estimate of drug-likeness (QED) is 0.861. The third-order valence-electron chi connectivity index (χ3n) is 3.40. The number of nitrogens with zero attached hydrogens (tertiary/aromatic N) is 4. The summed E-state index contributed by atoms with van der Waals surface area (Å²) in [4.78, 5) is 24.0. The van der Waals surface area contributed by atoms with Crippen LogP contribution in [0.1, 0.15) is 17.8 Å². The summed E-state index contributed by atoms with van der Waals surface area (Å²) >= 11 is 0. The lowest BCUT2D eigenvalue weighted by Crippen LogP contribution is -2.30. The van der Waals surface area contributed by atoms with Crippen LogP contribution in [0.2, 0.25) is 0 Å². The zero-order valence-electron chi connectivity index (χ0n) is 12.6. The molecule has 0 bridgehead atoms. The third kappa shape index (κ3) is 3.69. The molecule has 0 saturated carbocycles. The Morgan fingerprint density at radius 2 is 1.95 bits per heavy atom. The number of carboxylic acid groups (broad SMARTS) is 1. The topological polar surface area (TPSA) is 88.3 Å². The summed E-state index contributed by atoms with van der Waals surface area (Å²) in [5, 5.41) is 16.8. The number of hydrogen-bond donors (Lipinski definition) is 1. The molecule has 1 N–H and O–H groups in total. The Bertz CT molecular complexity index is 667. The molecule has 0 spiro atoms. The molecule has 7 heteroatoms. The lowest BCUT2D eigenvalue weighted by molar-refractivity contribution is -0.138. The van der Waals surface area contributed by atoms with Crippen molar-refractivity contribution in [3.63, 3.8) is 0 Å². The highest BCUT2D eigenvalue weighted by Gasteiger charge is 2.16. The molecule has 0 radical (unpaired) electrons. The van der Waals surface area contributed by atoms with E-state index in [1.54, 1.807) is 11.7 Å². The van der Waals surface area contributed by atoms with E-state index in [2.05, 4.69) is 10.3 Å². The van der Waals surface area contributed by atoms with Crippen LogP contribution >= 0.6 is 0 Å². The van der Waals surface area contributed by atoms with Crippen molar-refractivity contribution in [2.75, 3.05) is 13.6 Å². The van der Waals surface area contributed by atoms with Gasteiger partial charge in [0.1, 0.15) is 0 Å². The molecule has 1 amide bonds. The summed E-state index contributed by atoms with van der Waals surface area (Å²) in [5.74, 6) is -1.10. The molecule has 1 aromatic heterocycles. The second-order valence-electron chi connectivity index (χ2n) is 5.00. The van der Waals surface area contributed by atoms with Gasteiger partial charge in [-0.25, -0.2) is 4.68 Å². The van der Waals surface area contributed by atoms with Gasteiger partial charge in [-0.05, 0) is 19.1 Å². The fourth-order valence-corrected chi connectivity index (χ4v) is 2.00. The van der Waals surface area contributed by atoms with Gasteiger partial charge in [0, 0.05) is 13.6 Å². The van der Waals surface area contributed by atoms with Crippen molar-refractivity contribution < 1.29 is 14.7 Å². The molecule has 1 aromatic carbocycles. The number of rotatable bonds is 6. The molecular weight excluding hydrogens is 284 g/mol. The standard InChI is InChI=1S/C15H18N4O3/c1-11-13(10-14(20)18(2)9-8-15(21)22)16-17-19(11)12-6-4-3-5-7-12/h3-7H,8-10H2,1-2H3,(H,21,22). The smallest absolute Gasteiger partial charge is 0.305 e. The van der Waals surface area contributed by atoms with Gasteiger partial charge in [-0.3, -0.25) is 9.59 Å². The number of aromatic nitrogens is 3. The molecular formula is C15H18N4O3. The minimum Gasteiger partial charge on any atom is -0.481 e. The van der Waals surface area contributed by atoms with E-state index >= 15 is 0 Å². The van der Waals surface area contributed by atoms with Crippen molar-refractivity contribution in [1.29, 1.82) is 0 Å². The van der Waals surface area contributed by atoms with E-state index in [1.807, 2.05) is 37.3 Å². The van der Waals surface area contributed by atoms with Gasteiger partial charge in [0.25, 0.3) is 0 Å². The van der Waals surface area contributed by atoms with Gasteiger partial charge in [-0.1, -0.05) is 23.4 Å². The van der Waals surface area contributed by atoms with Gasteiger partial charge < -0.3 is 10.0 Å². The molecule has 1 heterocycles. The lowest BCUT2D eigenvalue weighted by atomic mass is 10.2. The minimum absolute atomic E-state index is 0.0715. The number of carbonyl (C=O) groups is 2. The van der Waals surface area contributed by atoms with Gasteiger partial charge in [0.15, 0.2) is 0 Å². The number of carbonyl (C=O) groups excluding carboxylic acids is 1. The van der Waals surface area contributed by atoms with Gasteiger partial charge >= 0.3 is 5.97 Å². The first-order valence-electron chi connectivity index (χ1n) is 6.91. The first kappa shape index (κ1) is 15.7. The molecule has 0 fully saturated rings. The lowest BCUT2D eigenvalue weighted by Gasteiger charge is -2.15. The monoisotopic (exact) mass is 302 g/mol. The SMILES string of the molecule is Cc1c(CC(=O)N(C)CCC(=O)O)nnn1-c1ccccc1. The highest BCUT2D eigenvalue weighted by molar-refractivity contribution is 5.79. The van der Waals surface area contributed by atoms with Crippen molar-refractivity contribution in [1.82, 2.24) is 19.9 Å². The average molecular weight is 302 g/mol. The maximum Gasteiger partial charge on any atom is 0.305 e. The zero-order valence-corrected chi connectivity index (χ0v) is 12.6. The molecule has 0 unspecified atom stereocenters. The van der Waals surface area contributed by atoms with E-state index in [0.29, 0.717) is 5.69 Å². The van der Waals surface area contributed by atoms with E-state index in [4.69, 9.17) is 5.11 Å². The van der Waals surface area contributed by atoms with E-state index < -0.39 is 5.97 Å². The molecule has 116 valence electrons. The maximum absolute atomic E-state index is 12.1. The third-order valence-corrected chi connectivity index (χ3v) is 3.40. The van der Waals surface area contributed by atoms with Gasteiger partial charge in [-0.15, -0.1) is 5.10 Å². The van der Waals surface area contributed by atoms with Crippen molar-refractivity contribution in [3.05, 3.63) is 41.7 Å². The first-order valence-corrected chi connectivity index (χ1v) is 6.91. The second kappa shape index (κ2) is 6.84. The Labute approximate surface area is 128 Å². The zero-order chi connectivity index (χ0) is 16.1. The van der Waals surface area contributed by atoms with Gasteiger partial charge in [0.2, 0.25) is 5.91 Å². The van der Waals surface area contributed by atoms with Crippen LogP contribution in [0, 0.1) is 6.92 Å². The minimum atomic E-state index is -0.925. The summed E-state index contributed by atoms with van der Waals surface area (Å²) in [6.45, 7) is 2.03. The summed E-state index contributed by atoms with van der Waals surface area (Å²) < 4.78 is 1.68. The predicted octanol–water partition coefficient (Wildman–Crippen LogP) is 1.05. The van der Waals surface area contributed by atoms with E-state index in [1.165, 1.54) is 4.90 Å². The van der Waals surface area contributed by atoms with Crippen molar-refractivity contribution in [3.8, 4) is 5.69 Å². The highest BCUT2D eigenvalue weighted by atomic mass is 16.4. The second-order valence-corrected chi connectivity index (χ2v) is 5.00. The van der Waals surface area contributed by atoms with E-state index in [-0.39, 0.29) is 25.3 Å². The number of amides is 1. The molecule has 0 aliphatic heterocycles. The Morgan fingerprint density at radius 1 is 1.27 bits per heavy atom. The van der Waals surface area contributed by atoms with Crippen LogP contribution in [0.4, 0.5) is 0 Å². The normalized spacial score (nSPS) is 10.5. The molecule has 0 aliphatic carbocycles. The molecule has 2 aromatic rings. The Morgan fingerprint density at radius 3 is 2.59 bits per heavy atom.